The van der Waals surface area contributed by atoms with Gasteiger partial charge in [-0.1, -0.05) is 24.3 Å². The van der Waals surface area contributed by atoms with E-state index >= 15 is 0 Å². The molecule has 0 spiro atoms. The topological polar surface area (TPSA) is 55.4 Å². The molecule has 3 heterocycles. The fourth-order valence-corrected chi connectivity index (χ4v) is 4.33. The summed E-state index contributed by atoms with van der Waals surface area (Å²) in [7, 11) is 0. The third-order valence-corrected chi connectivity index (χ3v) is 5.84. The molecule has 0 bridgehead atoms. The molecule has 5 nitrogen and oxygen atoms in total. The van der Waals surface area contributed by atoms with Crippen molar-refractivity contribution in [1.82, 2.24) is 15.1 Å². The molecule has 2 aliphatic heterocycles. The number of rotatable bonds is 2. The monoisotopic (exact) mass is 396 g/mol. The highest BCUT2D eigenvalue weighted by atomic mass is 19.3. The van der Waals surface area contributed by atoms with Gasteiger partial charge in [-0.3, -0.25) is 10.00 Å². The number of anilines is 2. The largest absolute Gasteiger partial charge is 0.492 e. The number of nitrogens with zero attached hydrogens (tertiary/aromatic N) is 3. The number of H-pyrrole nitrogens is 1. The lowest BCUT2D eigenvalue weighted by molar-refractivity contribution is -0.0135. The number of halogens is 2. The lowest BCUT2D eigenvalue weighted by atomic mass is 10.0. The Balaban J connectivity index is 1.59. The van der Waals surface area contributed by atoms with Crippen LogP contribution < -0.4 is 4.90 Å². The molecule has 0 saturated carbocycles. The quantitative estimate of drug-likeness (QED) is 0.648. The number of hydrogen-bond acceptors (Lipinski definition) is 4. The molecular weight excluding hydrogens is 374 g/mol. The summed E-state index contributed by atoms with van der Waals surface area (Å²) in [6.07, 6.45) is 4.23. The molecule has 29 heavy (non-hydrogen) atoms. The van der Waals surface area contributed by atoms with E-state index in [4.69, 9.17) is 0 Å². The van der Waals surface area contributed by atoms with E-state index in [0.717, 1.165) is 22.5 Å². The Labute approximate surface area is 167 Å². The number of para-hydroxylation sites is 1. The standard InChI is InChI=1S/C22H22F2N4O/c23-22(24)10-3-12-27(13-11-22)20-9-6-15-4-1-2-5-19(15)28(20)16-7-8-18-17(14-16)21(29)26-25-18/h1-2,4-9,14,20H,3,10-13H2,(H2,25,26,29). The second-order valence-corrected chi connectivity index (χ2v) is 7.72. The van der Waals surface area contributed by atoms with Crippen molar-refractivity contribution in [2.24, 2.45) is 0 Å². The Morgan fingerprint density at radius 3 is 2.86 bits per heavy atom. The van der Waals surface area contributed by atoms with Crippen LogP contribution in [0.4, 0.5) is 20.2 Å². The number of likely N-dealkylation sites (tertiary alicyclic amines) is 1. The molecule has 1 aromatic heterocycles. The maximum atomic E-state index is 14.0. The Hall–Kier alpha value is -2.93. The normalized spacial score (nSPS) is 21.9. The lowest BCUT2D eigenvalue weighted by Gasteiger charge is -2.42. The van der Waals surface area contributed by atoms with E-state index in [2.05, 4.69) is 32.1 Å². The van der Waals surface area contributed by atoms with E-state index in [1.54, 1.807) is 0 Å². The van der Waals surface area contributed by atoms with Gasteiger partial charge in [-0.2, -0.15) is 0 Å². The van der Waals surface area contributed by atoms with Crippen LogP contribution in [0.2, 0.25) is 0 Å². The minimum atomic E-state index is -2.60. The Kier molecular flexibility index (Phi) is 4.28. The zero-order valence-electron chi connectivity index (χ0n) is 15.9. The van der Waals surface area contributed by atoms with Crippen molar-refractivity contribution in [2.45, 2.75) is 31.4 Å². The molecule has 2 N–H and O–H groups in total. The number of aromatic hydroxyl groups is 1. The summed E-state index contributed by atoms with van der Waals surface area (Å²) in [5.74, 6) is -2.65. The van der Waals surface area contributed by atoms with Gasteiger partial charge in [-0.25, -0.2) is 8.78 Å². The number of nitrogens with one attached hydrogen (secondary N) is 1. The van der Waals surface area contributed by atoms with Crippen molar-refractivity contribution in [3.05, 3.63) is 54.1 Å². The van der Waals surface area contributed by atoms with Crippen LogP contribution >= 0.6 is 0 Å². The van der Waals surface area contributed by atoms with Gasteiger partial charge in [0, 0.05) is 31.6 Å². The summed E-state index contributed by atoms with van der Waals surface area (Å²) in [5, 5.41) is 17.4. The van der Waals surface area contributed by atoms with Crippen LogP contribution in [-0.2, 0) is 0 Å². The highest BCUT2D eigenvalue weighted by Crippen LogP contribution is 2.39. The van der Waals surface area contributed by atoms with Crippen LogP contribution in [0, 0.1) is 0 Å². The first kappa shape index (κ1) is 18.1. The fraction of sp³-hybridized carbons (Fsp3) is 0.318. The van der Waals surface area contributed by atoms with Gasteiger partial charge in [0.1, 0.15) is 6.17 Å². The van der Waals surface area contributed by atoms with Crippen LogP contribution in [0.15, 0.2) is 48.5 Å². The Bertz CT molecular complexity index is 1080. The molecule has 0 radical (unpaired) electrons. The summed E-state index contributed by atoms with van der Waals surface area (Å²) in [6.45, 7) is 0.947. The molecule has 2 aromatic carbocycles. The van der Waals surface area contributed by atoms with Crippen molar-refractivity contribution in [2.75, 3.05) is 18.0 Å². The molecule has 3 aromatic rings. The number of benzene rings is 2. The summed E-state index contributed by atoms with van der Waals surface area (Å²) >= 11 is 0. The van der Waals surface area contributed by atoms with E-state index < -0.39 is 5.92 Å². The number of fused-ring (bicyclic) bond motifs is 2. The van der Waals surface area contributed by atoms with Crippen LogP contribution in [0.5, 0.6) is 5.88 Å². The van der Waals surface area contributed by atoms with Crippen molar-refractivity contribution in [1.29, 1.82) is 0 Å². The van der Waals surface area contributed by atoms with E-state index in [0.29, 0.717) is 24.9 Å². The second-order valence-electron chi connectivity index (χ2n) is 7.72. The summed E-state index contributed by atoms with van der Waals surface area (Å²) in [4.78, 5) is 4.28. The number of hydrogen-bond donors (Lipinski definition) is 2. The third-order valence-electron chi connectivity index (χ3n) is 5.84. The van der Waals surface area contributed by atoms with Gasteiger partial charge < -0.3 is 10.0 Å². The fourth-order valence-electron chi connectivity index (χ4n) is 4.33. The maximum Gasteiger partial charge on any atom is 0.249 e. The summed E-state index contributed by atoms with van der Waals surface area (Å²) in [6, 6.07) is 13.8. The van der Waals surface area contributed by atoms with Gasteiger partial charge in [0.25, 0.3) is 0 Å². The summed E-state index contributed by atoms with van der Waals surface area (Å²) in [5.41, 5.74) is 3.71. The molecule has 5 rings (SSSR count). The minimum absolute atomic E-state index is 0.0475. The zero-order chi connectivity index (χ0) is 20.0. The van der Waals surface area contributed by atoms with Crippen LogP contribution in [0.3, 0.4) is 0 Å². The highest BCUT2D eigenvalue weighted by molar-refractivity contribution is 5.89. The van der Waals surface area contributed by atoms with Gasteiger partial charge in [0.15, 0.2) is 0 Å². The zero-order valence-corrected chi connectivity index (χ0v) is 15.9. The number of aromatic nitrogens is 2. The van der Waals surface area contributed by atoms with Gasteiger partial charge in [0.2, 0.25) is 11.8 Å². The van der Waals surface area contributed by atoms with E-state index in [1.165, 1.54) is 0 Å². The van der Waals surface area contributed by atoms with E-state index in [1.807, 2.05) is 42.5 Å². The molecule has 1 unspecified atom stereocenters. The van der Waals surface area contributed by atoms with Crippen molar-refractivity contribution in [3.63, 3.8) is 0 Å². The highest BCUT2D eigenvalue weighted by Gasteiger charge is 2.36. The Morgan fingerprint density at radius 1 is 1.10 bits per heavy atom. The van der Waals surface area contributed by atoms with E-state index in [-0.39, 0.29) is 24.9 Å². The van der Waals surface area contributed by atoms with Gasteiger partial charge >= 0.3 is 0 Å². The molecule has 0 amide bonds. The second kappa shape index (κ2) is 6.84. The number of alkyl halides is 2. The lowest BCUT2D eigenvalue weighted by Crippen LogP contribution is -2.47. The third kappa shape index (κ3) is 3.25. The molecule has 0 aliphatic carbocycles. The molecule has 150 valence electrons. The predicted molar refractivity (Wildman–Crippen MR) is 110 cm³/mol. The van der Waals surface area contributed by atoms with Gasteiger partial charge in [-0.15, -0.1) is 5.10 Å². The average molecular weight is 396 g/mol. The molecule has 1 fully saturated rings. The average Bonchev–Trinajstić information content (AvgIpc) is 2.99. The van der Waals surface area contributed by atoms with Crippen molar-refractivity contribution >= 4 is 28.4 Å². The van der Waals surface area contributed by atoms with Crippen LogP contribution in [0.25, 0.3) is 17.0 Å². The van der Waals surface area contributed by atoms with Crippen molar-refractivity contribution in [3.8, 4) is 5.88 Å². The number of aromatic amines is 1. The minimum Gasteiger partial charge on any atom is -0.492 e. The van der Waals surface area contributed by atoms with Gasteiger partial charge in [0.05, 0.1) is 16.6 Å². The van der Waals surface area contributed by atoms with Crippen molar-refractivity contribution < 1.29 is 13.9 Å². The molecule has 2 aliphatic rings. The Morgan fingerprint density at radius 2 is 1.97 bits per heavy atom. The van der Waals surface area contributed by atoms with Crippen LogP contribution in [0.1, 0.15) is 24.8 Å². The molecule has 7 heteroatoms. The molecule has 1 saturated heterocycles. The van der Waals surface area contributed by atoms with E-state index in [9.17, 15) is 13.9 Å². The van der Waals surface area contributed by atoms with Crippen LogP contribution in [-0.4, -0.2) is 45.4 Å². The molecule has 1 atom stereocenters. The maximum absolute atomic E-state index is 14.0. The first-order valence-corrected chi connectivity index (χ1v) is 9.87. The predicted octanol–water partition coefficient (Wildman–Crippen LogP) is 4.88. The van der Waals surface area contributed by atoms with Gasteiger partial charge in [-0.05, 0) is 42.3 Å². The molecular formula is C22H22F2N4O. The first-order chi connectivity index (χ1) is 14.0. The summed E-state index contributed by atoms with van der Waals surface area (Å²) < 4.78 is 27.9. The SMILES string of the molecule is Oc1n[nH]c2ccc(N3c4ccccc4C=CC3N3CCCC(F)(F)CC3)cc12. The smallest absolute Gasteiger partial charge is 0.249 e. The first-order valence-electron chi connectivity index (χ1n) is 9.87.